The van der Waals surface area contributed by atoms with Crippen LogP contribution in [0, 0.1) is 0 Å². The van der Waals surface area contributed by atoms with E-state index >= 15 is 0 Å². The smallest absolute Gasteiger partial charge is 0.417 e. The zero-order valence-electron chi connectivity index (χ0n) is 28.5. The van der Waals surface area contributed by atoms with Crippen LogP contribution >= 0.6 is 11.8 Å². The van der Waals surface area contributed by atoms with Crippen molar-refractivity contribution in [2.24, 2.45) is 0 Å². The molecule has 2 unspecified atom stereocenters. The SMILES string of the molecule is CC1c2c(-c3ccc(C(F)(F)F)c(SCCN4CCCCC4)c3)nn(CC(O)CN3CCC(N4CCCC4=O)CC3)c2CCN1C(=O)C(=O)O. The number of piperidine rings is 2. The van der Waals surface area contributed by atoms with Crippen LogP contribution in [0.25, 0.3) is 11.3 Å². The topological polar surface area (TPSA) is 122 Å². The molecule has 0 saturated carbocycles. The molecule has 2 amide bonds. The Morgan fingerprint density at radius 2 is 1.72 bits per heavy atom. The standard InChI is InChI=1S/C35H47F3N6O5S/c1-23-31-28(11-17-42(23)33(47)34(48)49)44(22-26(45)21-41-15-9-25(10-16-41)43-14-5-6-30(43)46)39-32(31)24-7-8-27(35(36,37)38)29(20-24)50-19-18-40-12-3-2-4-13-40/h7-8,20,23,25-26,45H,2-6,9-19,21-22H2,1H3,(H,48,49). The molecule has 274 valence electrons. The van der Waals surface area contributed by atoms with Crippen LogP contribution in [-0.4, -0.2) is 128 Å². The minimum absolute atomic E-state index is 0.0938. The van der Waals surface area contributed by atoms with Gasteiger partial charge in [0, 0.05) is 85.6 Å². The number of halogens is 3. The van der Waals surface area contributed by atoms with Crippen LogP contribution in [0.15, 0.2) is 23.1 Å². The second kappa shape index (κ2) is 15.6. The summed E-state index contributed by atoms with van der Waals surface area (Å²) in [6.07, 6.45) is 1.49. The van der Waals surface area contributed by atoms with Crippen LogP contribution in [0.5, 0.6) is 0 Å². The number of hydrogen-bond acceptors (Lipinski definition) is 8. The summed E-state index contributed by atoms with van der Waals surface area (Å²) in [6.45, 7) is 7.25. The summed E-state index contributed by atoms with van der Waals surface area (Å²) in [6, 6.07) is 3.50. The number of thioether (sulfide) groups is 1. The van der Waals surface area contributed by atoms with Crippen molar-refractivity contribution >= 4 is 29.5 Å². The second-order valence-electron chi connectivity index (χ2n) is 14.0. The fraction of sp³-hybridized carbons (Fsp3) is 0.657. The van der Waals surface area contributed by atoms with Crippen LogP contribution < -0.4 is 0 Å². The Morgan fingerprint density at radius 1 is 0.980 bits per heavy atom. The number of aromatic nitrogens is 2. The molecule has 2 aromatic rings. The number of alkyl halides is 3. The molecule has 0 aliphatic carbocycles. The third kappa shape index (κ3) is 8.16. The lowest BCUT2D eigenvalue weighted by Crippen LogP contribution is -2.47. The third-order valence-corrected chi connectivity index (χ3v) is 11.7. The molecule has 1 aromatic carbocycles. The normalized spacial score (nSPS) is 21.9. The summed E-state index contributed by atoms with van der Waals surface area (Å²) in [5.41, 5.74) is 1.41. The van der Waals surface area contributed by atoms with Crippen molar-refractivity contribution in [1.82, 2.24) is 29.4 Å². The van der Waals surface area contributed by atoms with E-state index in [1.54, 1.807) is 11.6 Å². The minimum Gasteiger partial charge on any atom is -0.474 e. The summed E-state index contributed by atoms with van der Waals surface area (Å²) in [5, 5.41) is 25.6. The first-order valence-corrected chi connectivity index (χ1v) is 18.8. The number of aliphatic carboxylic acids is 1. The van der Waals surface area contributed by atoms with Crippen LogP contribution in [0.2, 0.25) is 0 Å². The van der Waals surface area contributed by atoms with Gasteiger partial charge in [-0.1, -0.05) is 12.5 Å². The number of carbonyl (C=O) groups excluding carboxylic acids is 2. The quantitative estimate of drug-likeness (QED) is 0.276. The zero-order chi connectivity index (χ0) is 35.6. The average molecular weight is 721 g/mol. The molecule has 0 bridgehead atoms. The Kier molecular flexibility index (Phi) is 11.4. The van der Waals surface area contributed by atoms with Crippen molar-refractivity contribution in [2.45, 2.75) is 94.1 Å². The van der Waals surface area contributed by atoms with Gasteiger partial charge >= 0.3 is 18.1 Å². The molecule has 5 heterocycles. The lowest BCUT2D eigenvalue weighted by molar-refractivity contribution is -0.157. The number of hydrogen-bond donors (Lipinski definition) is 2. The number of aliphatic hydroxyl groups is 1. The number of β-amino-alcohol motifs (C(OH)–C–C–N with tert-alkyl or cyclic N) is 1. The van der Waals surface area contributed by atoms with Gasteiger partial charge in [0.05, 0.1) is 29.9 Å². The van der Waals surface area contributed by atoms with Gasteiger partial charge in [-0.15, -0.1) is 11.8 Å². The Balaban J connectivity index is 1.24. The van der Waals surface area contributed by atoms with Gasteiger partial charge in [0.25, 0.3) is 0 Å². The van der Waals surface area contributed by atoms with Gasteiger partial charge in [0.15, 0.2) is 0 Å². The Bertz CT molecular complexity index is 1560. The maximum absolute atomic E-state index is 14.2. The van der Waals surface area contributed by atoms with E-state index in [2.05, 4.69) is 9.80 Å². The maximum Gasteiger partial charge on any atom is 0.417 e. The number of rotatable bonds is 10. The lowest BCUT2D eigenvalue weighted by atomic mass is 9.94. The first kappa shape index (κ1) is 36.6. The first-order chi connectivity index (χ1) is 23.9. The van der Waals surface area contributed by atoms with E-state index in [1.807, 2.05) is 4.90 Å². The number of carbonyl (C=O) groups is 3. The van der Waals surface area contributed by atoms with Crippen molar-refractivity contribution in [3.05, 3.63) is 35.0 Å². The van der Waals surface area contributed by atoms with Gasteiger partial charge in [0.2, 0.25) is 5.91 Å². The molecule has 0 spiro atoms. The largest absolute Gasteiger partial charge is 0.474 e. The highest BCUT2D eigenvalue weighted by Gasteiger charge is 2.38. The summed E-state index contributed by atoms with van der Waals surface area (Å²) in [7, 11) is 0. The van der Waals surface area contributed by atoms with Gasteiger partial charge in [-0.25, -0.2) is 4.79 Å². The van der Waals surface area contributed by atoms with Crippen molar-refractivity contribution in [2.75, 3.05) is 58.1 Å². The number of aliphatic hydroxyl groups excluding tert-OH is 1. The van der Waals surface area contributed by atoms with Gasteiger partial charge < -0.3 is 29.8 Å². The Hall–Kier alpha value is -3.14. The number of amides is 2. The molecule has 2 atom stereocenters. The molecular formula is C35H47F3N6O5S. The number of carboxylic acids is 1. The highest BCUT2D eigenvalue weighted by atomic mass is 32.2. The van der Waals surface area contributed by atoms with Gasteiger partial charge in [-0.2, -0.15) is 18.3 Å². The Labute approximate surface area is 294 Å². The van der Waals surface area contributed by atoms with E-state index < -0.39 is 35.8 Å². The van der Waals surface area contributed by atoms with Crippen LogP contribution in [0.3, 0.4) is 0 Å². The second-order valence-corrected chi connectivity index (χ2v) is 15.1. The number of likely N-dealkylation sites (tertiary alicyclic amines) is 3. The number of benzene rings is 1. The molecule has 2 N–H and O–H groups in total. The molecule has 50 heavy (non-hydrogen) atoms. The van der Waals surface area contributed by atoms with E-state index in [-0.39, 0.29) is 36.4 Å². The van der Waals surface area contributed by atoms with Gasteiger partial charge in [-0.05, 0) is 64.3 Å². The van der Waals surface area contributed by atoms with Crippen molar-refractivity contribution in [1.29, 1.82) is 0 Å². The van der Waals surface area contributed by atoms with Crippen LogP contribution in [0.1, 0.15) is 74.7 Å². The van der Waals surface area contributed by atoms with E-state index in [0.717, 1.165) is 88.4 Å². The van der Waals surface area contributed by atoms with Crippen molar-refractivity contribution in [3.8, 4) is 11.3 Å². The summed E-state index contributed by atoms with van der Waals surface area (Å²) < 4.78 is 44.2. The molecule has 6 rings (SSSR count). The monoisotopic (exact) mass is 720 g/mol. The molecule has 3 saturated heterocycles. The highest BCUT2D eigenvalue weighted by molar-refractivity contribution is 7.99. The first-order valence-electron chi connectivity index (χ1n) is 17.8. The van der Waals surface area contributed by atoms with Crippen LogP contribution in [-0.2, 0) is 33.5 Å². The summed E-state index contributed by atoms with van der Waals surface area (Å²) in [4.78, 5) is 44.3. The summed E-state index contributed by atoms with van der Waals surface area (Å²) in [5.74, 6) is -1.92. The van der Waals surface area contributed by atoms with Crippen molar-refractivity contribution in [3.63, 3.8) is 0 Å². The summed E-state index contributed by atoms with van der Waals surface area (Å²) >= 11 is 1.16. The van der Waals surface area contributed by atoms with Gasteiger partial charge in [-0.3, -0.25) is 14.3 Å². The minimum atomic E-state index is -4.55. The molecule has 3 fully saturated rings. The molecule has 11 nitrogen and oxygen atoms in total. The molecule has 4 aliphatic rings. The third-order valence-electron chi connectivity index (χ3n) is 10.7. The van der Waals surface area contributed by atoms with E-state index in [4.69, 9.17) is 5.10 Å². The number of carboxylic acid groups (broad SMARTS) is 1. The lowest BCUT2D eigenvalue weighted by Gasteiger charge is -2.37. The molecular weight excluding hydrogens is 673 g/mol. The molecule has 0 radical (unpaired) electrons. The van der Waals surface area contributed by atoms with E-state index in [1.165, 1.54) is 23.5 Å². The Morgan fingerprint density at radius 3 is 2.38 bits per heavy atom. The molecule has 4 aliphatic heterocycles. The predicted molar refractivity (Wildman–Crippen MR) is 182 cm³/mol. The van der Waals surface area contributed by atoms with Crippen LogP contribution in [0.4, 0.5) is 13.2 Å². The van der Waals surface area contributed by atoms with E-state index in [9.17, 15) is 37.8 Å². The fourth-order valence-electron chi connectivity index (χ4n) is 8.07. The van der Waals surface area contributed by atoms with E-state index in [0.29, 0.717) is 42.1 Å². The van der Waals surface area contributed by atoms with Gasteiger partial charge in [0.1, 0.15) is 0 Å². The zero-order valence-corrected chi connectivity index (χ0v) is 29.4. The number of nitrogens with zero attached hydrogens (tertiary/aromatic N) is 6. The fourth-order valence-corrected chi connectivity index (χ4v) is 9.19. The number of fused-ring (bicyclic) bond motifs is 1. The highest BCUT2D eigenvalue weighted by Crippen LogP contribution is 2.42. The molecule has 1 aromatic heterocycles. The maximum atomic E-state index is 14.2. The average Bonchev–Trinajstić information content (AvgIpc) is 3.68. The predicted octanol–water partition coefficient (Wildman–Crippen LogP) is 4.12. The molecule has 15 heteroatoms. The van der Waals surface area contributed by atoms with Crippen molar-refractivity contribution < 1.29 is 37.8 Å².